The highest BCUT2D eigenvalue weighted by atomic mass is 35.5. The first kappa shape index (κ1) is 25.8. The molecule has 0 saturated heterocycles. The monoisotopic (exact) mass is 501 g/mol. The normalized spacial score (nSPS) is 11.4. The standard InChI is InChI=1S/C21H25Cl2N3O5S/c1-4-11-31-18-10-9-15(12-19(18)30-5-2)13-24-25-20(27)14-26(32(3,28)29)17-8-6-7-16(22)21(17)23/h6-10,12-13H,4-5,11,14H2,1-3H3,(H,25,27)/b24-13+. The van der Waals surface area contributed by atoms with Gasteiger partial charge in [-0.05, 0) is 49.2 Å². The molecule has 0 aliphatic heterocycles. The Balaban J connectivity index is 2.11. The zero-order valence-electron chi connectivity index (χ0n) is 18.0. The summed E-state index contributed by atoms with van der Waals surface area (Å²) >= 11 is 12.1. The molecule has 8 nitrogen and oxygen atoms in total. The molecule has 0 unspecified atom stereocenters. The van der Waals surface area contributed by atoms with E-state index >= 15 is 0 Å². The highest BCUT2D eigenvalue weighted by Gasteiger charge is 2.23. The Hall–Kier alpha value is -2.49. The summed E-state index contributed by atoms with van der Waals surface area (Å²) < 4.78 is 36.5. The van der Waals surface area contributed by atoms with Crippen LogP contribution in [0.1, 0.15) is 25.8 Å². The number of hydrazone groups is 1. The minimum absolute atomic E-state index is 0.0322. The van der Waals surface area contributed by atoms with Gasteiger partial charge in [0.15, 0.2) is 11.5 Å². The fourth-order valence-electron chi connectivity index (χ4n) is 2.62. The van der Waals surface area contributed by atoms with E-state index in [9.17, 15) is 13.2 Å². The molecule has 0 radical (unpaired) electrons. The van der Waals surface area contributed by atoms with Crippen molar-refractivity contribution in [3.8, 4) is 11.5 Å². The van der Waals surface area contributed by atoms with E-state index in [2.05, 4.69) is 10.5 Å². The van der Waals surface area contributed by atoms with Crippen molar-refractivity contribution < 1.29 is 22.7 Å². The Labute approximate surface area is 198 Å². The predicted octanol–water partition coefficient (Wildman–Crippen LogP) is 4.10. The maximum absolute atomic E-state index is 12.3. The smallest absolute Gasteiger partial charge is 0.260 e. The number of hydrogen-bond donors (Lipinski definition) is 1. The van der Waals surface area contributed by atoms with Gasteiger partial charge in [0, 0.05) is 0 Å². The number of ether oxygens (including phenoxy) is 2. The van der Waals surface area contributed by atoms with E-state index < -0.39 is 22.5 Å². The highest BCUT2D eigenvalue weighted by molar-refractivity contribution is 7.92. The molecule has 0 saturated carbocycles. The number of carbonyl (C=O) groups is 1. The number of benzene rings is 2. The molecule has 0 aliphatic carbocycles. The molecule has 0 aromatic heterocycles. The van der Waals surface area contributed by atoms with E-state index in [-0.39, 0.29) is 15.7 Å². The Morgan fingerprint density at radius 1 is 1.16 bits per heavy atom. The summed E-state index contributed by atoms with van der Waals surface area (Å²) in [6.45, 7) is 4.38. The van der Waals surface area contributed by atoms with E-state index in [0.717, 1.165) is 17.0 Å². The first-order chi connectivity index (χ1) is 15.2. The molecule has 1 amide bonds. The van der Waals surface area contributed by atoms with Crippen LogP contribution in [-0.2, 0) is 14.8 Å². The molecular weight excluding hydrogens is 477 g/mol. The van der Waals surface area contributed by atoms with Crippen molar-refractivity contribution in [3.63, 3.8) is 0 Å². The zero-order chi connectivity index (χ0) is 23.7. The van der Waals surface area contributed by atoms with Gasteiger partial charge in [0.2, 0.25) is 10.0 Å². The summed E-state index contributed by atoms with van der Waals surface area (Å²) in [4.78, 5) is 12.3. The van der Waals surface area contributed by atoms with Gasteiger partial charge in [-0.25, -0.2) is 13.8 Å². The van der Waals surface area contributed by atoms with E-state index in [1.54, 1.807) is 24.3 Å². The van der Waals surface area contributed by atoms with Crippen LogP contribution in [0.3, 0.4) is 0 Å². The average Bonchev–Trinajstić information content (AvgIpc) is 2.73. The first-order valence-corrected chi connectivity index (χ1v) is 12.4. The third-order valence-electron chi connectivity index (χ3n) is 4.02. The maximum atomic E-state index is 12.3. The van der Waals surface area contributed by atoms with E-state index in [0.29, 0.717) is 30.3 Å². The SMILES string of the molecule is CCCOc1ccc(/C=N/NC(=O)CN(c2cccc(Cl)c2Cl)S(C)(=O)=O)cc1OCC. The van der Waals surface area contributed by atoms with Crippen LogP contribution < -0.4 is 19.2 Å². The van der Waals surface area contributed by atoms with Crippen molar-refractivity contribution in [2.75, 3.05) is 30.3 Å². The van der Waals surface area contributed by atoms with Gasteiger partial charge in [-0.15, -0.1) is 0 Å². The van der Waals surface area contributed by atoms with Gasteiger partial charge in [0.1, 0.15) is 6.54 Å². The number of hydrogen-bond acceptors (Lipinski definition) is 6. The number of rotatable bonds is 11. The summed E-state index contributed by atoms with van der Waals surface area (Å²) in [7, 11) is -3.81. The van der Waals surface area contributed by atoms with Gasteiger partial charge in [0.05, 0.1) is 41.4 Å². The van der Waals surface area contributed by atoms with Crippen molar-refractivity contribution in [2.24, 2.45) is 5.10 Å². The highest BCUT2D eigenvalue weighted by Crippen LogP contribution is 2.33. The minimum atomic E-state index is -3.81. The topological polar surface area (TPSA) is 97.3 Å². The lowest BCUT2D eigenvalue weighted by atomic mass is 10.2. The Bertz CT molecular complexity index is 1080. The summed E-state index contributed by atoms with van der Waals surface area (Å²) in [5.41, 5.74) is 3.08. The molecule has 0 heterocycles. The van der Waals surface area contributed by atoms with Gasteiger partial charge >= 0.3 is 0 Å². The van der Waals surface area contributed by atoms with Gasteiger partial charge in [-0.1, -0.05) is 36.2 Å². The summed E-state index contributed by atoms with van der Waals surface area (Å²) in [6.07, 6.45) is 3.26. The number of amides is 1. The maximum Gasteiger partial charge on any atom is 0.260 e. The average molecular weight is 502 g/mol. The number of halogens is 2. The van der Waals surface area contributed by atoms with Crippen LogP contribution in [0, 0.1) is 0 Å². The minimum Gasteiger partial charge on any atom is -0.490 e. The number of anilines is 1. The molecule has 0 spiro atoms. The van der Waals surface area contributed by atoms with Crippen molar-refractivity contribution >= 4 is 51.0 Å². The molecule has 2 aromatic rings. The third-order valence-corrected chi connectivity index (χ3v) is 5.96. The van der Waals surface area contributed by atoms with Crippen LogP contribution in [0.25, 0.3) is 0 Å². The van der Waals surface area contributed by atoms with Gasteiger partial charge in [0.25, 0.3) is 5.91 Å². The third kappa shape index (κ3) is 7.29. The molecule has 174 valence electrons. The molecule has 32 heavy (non-hydrogen) atoms. The molecule has 11 heteroatoms. The quantitative estimate of drug-likeness (QED) is 0.369. The molecule has 0 atom stereocenters. The van der Waals surface area contributed by atoms with Crippen LogP contribution in [0.15, 0.2) is 41.5 Å². The van der Waals surface area contributed by atoms with Crippen molar-refractivity contribution in [1.82, 2.24) is 5.43 Å². The molecule has 2 rings (SSSR count). The van der Waals surface area contributed by atoms with Crippen LogP contribution in [0.2, 0.25) is 10.0 Å². The van der Waals surface area contributed by atoms with E-state index in [4.69, 9.17) is 32.7 Å². The Morgan fingerprint density at radius 3 is 2.56 bits per heavy atom. The van der Waals surface area contributed by atoms with E-state index in [1.807, 2.05) is 13.8 Å². The van der Waals surface area contributed by atoms with Gasteiger partial charge in [-0.2, -0.15) is 5.10 Å². The molecule has 0 fully saturated rings. The molecular formula is C21H25Cl2N3O5S. The van der Waals surface area contributed by atoms with Crippen LogP contribution >= 0.6 is 23.2 Å². The largest absolute Gasteiger partial charge is 0.490 e. The van der Waals surface area contributed by atoms with E-state index in [1.165, 1.54) is 18.3 Å². The second-order valence-electron chi connectivity index (χ2n) is 6.62. The van der Waals surface area contributed by atoms with Crippen LogP contribution in [0.5, 0.6) is 11.5 Å². The Morgan fingerprint density at radius 2 is 1.91 bits per heavy atom. The number of nitrogens with one attached hydrogen (secondary N) is 1. The summed E-state index contributed by atoms with van der Waals surface area (Å²) in [5, 5.41) is 4.11. The summed E-state index contributed by atoms with van der Waals surface area (Å²) in [6, 6.07) is 9.78. The van der Waals surface area contributed by atoms with Crippen molar-refractivity contribution in [3.05, 3.63) is 52.0 Å². The van der Waals surface area contributed by atoms with Gasteiger partial charge in [-0.3, -0.25) is 9.10 Å². The lowest BCUT2D eigenvalue weighted by molar-refractivity contribution is -0.119. The fourth-order valence-corrected chi connectivity index (χ4v) is 3.92. The summed E-state index contributed by atoms with van der Waals surface area (Å²) in [5.74, 6) is 0.530. The Kier molecular flexibility index (Phi) is 9.61. The predicted molar refractivity (Wildman–Crippen MR) is 128 cm³/mol. The number of sulfonamides is 1. The van der Waals surface area contributed by atoms with Crippen LogP contribution in [-0.4, -0.2) is 46.6 Å². The second-order valence-corrected chi connectivity index (χ2v) is 9.32. The first-order valence-electron chi connectivity index (χ1n) is 9.80. The van der Waals surface area contributed by atoms with Gasteiger partial charge < -0.3 is 9.47 Å². The lowest BCUT2D eigenvalue weighted by Gasteiger charge is -2.22. The molecule has 1 N–H and O–H groups in total. The number of carbonyl (C=O) groups excluding carboxylic acids is 1. The second kappa shape index (κ2) is 11.9. The van der Waals surface area contributed by atoms with Crippen LogP contribution in [0.4, 0.5) is 5.69 Å². The molecule has 0 bridgehead atoms. The molecule has 0 aliphatic rings. The number of nitrogens with zero attached hydrogens (tertiary/aromatic N) is 2. The van der Waals surface area contributed by atoms with Crippen molar-refractivity contribution in [1.29, 1.82) is 0 Å². The molecule has 2 aromatic carbocycles. The fraction of sp³-hybridized carbons (Fsp3) is 0.333. The lowest BCUT2D eigenvalue weighted by Crippen LogP contribution is -2.39. The van der Waals surface area contributed by atoms with Crippen molar-refractivity contribution in [2.45, 2.75) is 20.3 Å². The zero-order valence-corrected chi connectivity index (χ0v) is 20.3.